The number of carbonyl (C=O) groups is 2. The van der Waals surface area contributed by atoms with Gasteiger partial charge in [-0.15, -0.1) is 34.0 Å². The number of thiophene rings is 3. The number of rotatable bonds is 11. The van der Waals surface area contributed by atoms with Crippen LogP contribution in [0.4, 0.5) is 0 Å². The average Bonchev–Trinajstić information content (AvgIpc) is 3.47. The molecule has 1 radical (unpaired) electrons. The van der Waals surface area contributed by atoms with E-state index in [9.17, 15) is 9.59 Å². The summed E-state index contributed by atoms with van der Waals surface area (Å²) in [7, 11) is 0. The largest absolute Gasteiger partial charge is 0.351 e. The SMILES string of the molecule is O=C(NCCCC[CH]C(=O)N(Cc1cccs1)Cc1cccs1)c1cccs1. The zero-order valence-electron chi connectivity index (χ0n) is 15.5. The lowest BCUT2D eigenvalue weighted by molar-refractivity contribution is -0.128. The van der Waals surface area contributed by atoms with Crippen molar-refractivity contribution in [2.75, 3.05) is 6.54 Å². The van der Waals surface area contributed by atoms with Crippen LogP contribution in [0.3, 0.4) is 0 Å². The first-order chi connectivity index (χ1) is 13.7. The first-order valence-electron chi connectivity index (χ1n) is 9.21. The van der Waals surface area contributed by atoms with Gasteiger partial charge in [0.05, 0.1) is 18.0 Å². The van der Waals surface area contributed by atoms with Crippen molar-refractivity contribution in [3.8, 4) is 0 Å². The van der Waals surface area contributed by atoms with Gasteiger partial charge in [0, 0.05) is 22.7 Å². The molecule has 3 aromatic rings. The van der Waals surface area contributed by atoms with E-state index in [0.717, 1.165) is 24.1 Å². The molecule has 3 heterocycles. The maximum atomic E-state index is 12.7. The van der Waals surface area contributed by atoms with Crippen molar-refractivity contribution in [1.29, 1.82) is 0 Å². The van der Waals surface area contributed by atoms with E-state index >= 15 is 0 Å². The van der Waals surface area contributed by atoms with E-state index in [1.807, 2.05) is 45.3 Å². The molecular weight excluding hydrogens is 408 g/mol. The lowest BCUT2D eigenvalue weighted by Crippen LogP contribution is -2.29. The third kappa shape index (κ3) is 6.58. The monoisotopic (exact) mass is 431 g/mol. The molecule has 0 saturated carbocycles. The van der Waals surface area contributed by atoms with Gasteiger partial charge in [0.25, 0.3) is 5.91 Å². The Balaban J connectivity index is 1.38. The second-order valence-corrected chi connectivity index (χ2v) is 9.30. The Hall–Kier alpha value is -1.96. The minimum absolute atomic E-state index is 0.0203. The average molecular weight is 432 g/mol. The Morgan fingerprint density at radius 1 is 0.893 bits per heavy atom. The highest BCUT2D eigenvalue weighted by Crippen LogP contribution is 2.18. The minimum atomic E-state index is -0.0203. The van der Waals surface area contributed by atoms with E-state index < -0.39 is 0 Å². The second-order valence-electron chi connectivity index (χ2n) is 6.29. The summed E-state index contributed by atoms with van der Waals surface area (Å²) in [5.74, 6) is 0.0533. The second kappa shape index (κ2) is 11.1. The molecule has 0 aliphatic rings. The molecule has 3 aromatic heterocycles. The first-order valence-corrected chi connectivity index (χ1v) is 11.8. The molecule has 0 spiro atoms. The predicted octanol–water partition coefficient (Wildman–Crippen LogP) is 5.20. The van der Waals surface area contributed by atoms with Crippen molar-refractivity contribution in [1.82, 2.24) is 10.2 Å². The van der Waals surface area contributed by atoms with Crippen molar-refractivity contribution >= 4 is 45.8 Å². The lowest BCUT2D eigenvalue weighted by Gasteiger charge is -2.21. The first kappa shape index (κ1) is 20.8. The highest BCUT2D eigenvalue weighted by Gasteiger charge is 2.15. The van der Waals surface area contributed by atoms with Gasteiger partial charge in [-0.2, -0.15) is 0 Å². The van der Waals surface area contributed by atoms with Crippen LogP contribution in [-0.2, 0) is 17.9 Å². The summed E-state index contributed by atoms with van der Waals surface area (Å²) in [6.45, 7) is 1.91. The van der Waals surface area contributed by atoms with Crippen molar-refractivity contribution in [3.63, 3.8) is 0 Å². The molecule has 0 unspecified atom stereocenters. The van der Waals surface area contributed by atoms with E-state index in [1.54, 1.807) is 29.1 Å². The molecule has 2 amide bonds. The molecule has 1 N–H and O–H groups in total. The van der Waals surface area contributed by atoms with Crippen LogP contribution in [0.2, 0.25) is 0 Å². The molecule has 0 aliphatic carbocycles. The number of nitrogens with zero attached hydrogens (tertiary/aromatic N) is 1. The Labute approximate surface area is 177 Å². The molecule has 0 fully saturated rings. The summed E-state index contributed by atoms with van der Waals surface area (Å²) < 4.78 is 0. The Kier molecular flexibility index (Phi) is 8.26. The van der Waals surface area contributed by atoms with Crippen molar-refractivity contribution in [2.24, 2.45) is 0 Å². The molecule has 28 heavy (non-hydrogen) atoms. The van der Waals surface area contributed by atoms with Gasteiger partial charge in [-0.1, -0.05) is 24.6 Å². The fourth-order valence-corrected chi connectivity index (χ4v) is 4.79. The molecule has 0 atom stereocenters. The number of nitrogens with one attached hydrogen (secondary N) is 1. The van der Waals surface area contributed by atoms with E-state index in [0.29, 0.717) is 19.6 Å². The van der Waals surface area contributed by atoms with Crippen LogP contribution < -0.4 is 5.32 Å². The van der Waals surface area contributed by atoms with Gasteiger partial charge in [-0.25, -0.2) is 0 Å². The van der Waals surface area contributed by atoms with E-state index in [4.69, 9.17) is 0 Å². The molecule has 0 aromatic carbocycles. The zero-order valence-corrected chi connectivity index (χ0v) is 18.0. The van der Waals surface area contributed by atoms with Crippen LogP contribution in [0, 0.1) is 6.42 Å². The number of hydrogen-bond acceptors (Lipinski definition) is 5. The van der Waals surface area contributed by atoms with Gasteiger partial charge in [-0.3, -0.25) is 9.59 Å². The van der Waals surface area contributed by atoms with Crippen LogP contribution >= 0.6 is 34.0 Å². The zero-order chi connectivity index (χ0) is 19.6. The number of unbranched alkanes of at least 4 members (excludes halogenated alkanes) is 2. The number of hydrogen-bond donors (Lipinski definition) is 1. The van der Waals surface area contributed by atoms with Gasteiger partial charge in [0.2, 0.25) is 5.91 Å². The van der Waals surface area contributed by atoms with Crippen molar-refractivity contribution < 1.29 is 9.59 Å². The van der Waals surface area contributed by atoms with Gasteiger partial charge >= 0.3 is 0 Å². The summed E-state index contributed by atoms with van der Waals surface area (Å²) in [4.78, 5) is 29.6. The van der Waals surface area contributed by atoms with Crippen LogP contribution in [0.25, 0.3) is 0 Å². The summed E-state index contributed by atoms with van der Waals surface area (Å²) in [5.41, 5.74) is 0. The Bertz CT molecular complexity index is 791. The van der Waals surface area contributed by atoms with E-state index in [1.165, 1.54) is 21.1 Å². The highest BCUT2D eigenvalue weighted by molar-refractivity contribution is 7.12. The predicted molar refractivity (Wildman–Crippen MR) is 118 cm³/mol. The smallest absolute Gasteiger partial charge is 0.261 e. The molecule has 0 saturated heterocycles. The van der Waals surface area contributed by atoms with Crippen molar-refractivity contribution in [2.45, 2.75) is 32.4 Å². The molecular formula is C21H23N2O2S3. The van der Waals surface area contributed by atoms with Gasteiger partial charge < -0.3 is 10.2 Å². The fourth-order valence-electron chi connectivity index (χ4n) is 2.71. The Morgan fingerprint density at radius 2 is 1.54 bits per heavy atom. The normalized spacial score (nSPS) is 10.7. The molecule has 0 aliphatic heterocycles. The van der Waals surface area contributed by atoms with E-state index in [-0.39, 0.29) is 11.8 Å². The third-order valence-electron chi connectivity index (χ3n) is 4.15. The lowest BCUT2D eigenvalue weighted by atomic mass is 10.1. The fraction of sp³-hybridized carbons (Fsp3) is 0.286. The highest BCUT2D eigenvalue weighted by atomic mass is 32.1. The quantitative estimate of drug-likeness (QED) is 0.424. The molecule has 3 rings (SSSR count). The molecule has 4 nitrogen and oxygen atoms in total. The summed E-state index contributed by atoms with van der Waals surface area (Å²) in [5, 5.41) is 8.89. The van der Waals surface area contributed by atoms with Crippen molar-refractivity contribution in [3.05, 3.63) is 73.6 Å². The maximum Gasteiger partial charge on any atom is 0.261 e. The minimum Gasteiger partial charge on any atom is -0.351 e. The topological polar surface area (TPSA) is 49.4 Å². The van der Waals surface area contributed by atoms with Crippen LogP contribution in [-0.4, -0.2) is 23.3 Å². The third-order valence-corrected chi connectivity index (χ3v) is 6.74. The summed E-state index contributed by atoms with van der Waals surface area (Å²) >= 11 is 4.79. The maximum absolute atomic E-state index is 12.7. The van der Waals surface area contributed by atoms with Crippen LogP contribution in [0.15, 0.2) is 52.5 Å². The number of carbonyl (C=O) groups excluding carboxylic acids is 2. The van der Waals surface area contributed by atoms with E-state index in [2.05, 4.69) is 17.4 Å². The van der Waals surface area contributed by atoms with Crippen LogP contribution in [0.5, 0.6) is 0 Å². The standard InChI is InChI=1S/C21H23N2O2S3/c24-20(10-2-1-3-11-22-21(25)19-9-6-14-28-19)23(15-17-7-4-12-26-17)16-18-8-5-13-27-18/h4-10,12-14H,1-3,11,15-16H2,(H,22,25). The molecule has 7 heteroatoms. The molecule has 0 bridgehead atoms. The molecule has 147 valence electrons. The Morgan fingerprint density at radius 3 is 2.11 bits per heavy atom. The van der Waals surface area contributed by atoms with Crippen LogP contribution in [0.1, 0.15) is 38.7 Å². The number of amides is 2. The van der Waals surface area contributed by atoms with Gasteiger partial charge in [0.15, 0.2) is 0 Å². The summed E-state index contributed by atoms with van der Waals surface area (Å²) in [6.07, 6.45) is 4.24. The van der Waals surface area contributed by atoms with Gasteiger partial charge in [0.1, 0.15) is 0 Å². The van der Waals surface area contributed by atoms with Gasteiger partial charge in [-0.05, 0) is 47.2 Å². The summed E-state index contributed by atoms with van der Waals surface area (Å²) in [6, 6.07) is 11.9.